The van der Waals surface area contributed by atoms with Crippen molar-refractivity contribution in [3.8, 4) is 5.75 Å². The number of aromatic hydroxyl groups is 1. The molecule has 18 heavy (non-hydrogen) atoms. The largest absolute Gasteiger partial charge is 0.508 e. The second-order valence-electron chi connectivity index (χ2n) is 4.19. The van der Waals surface area contributed by atoms with Crippen LogP contribution in [0.25, 0.3) is 11.0 Å². The summed E-state index contributed by atoms with van der Waals surface area (Å²) in [5.41, 5.74) is 3.11. The predicted molar refractivity (Wildman–Crippen MR) is 74.7 cm³/mol. The van der Waals surface area contributed by atoms with Crippen molar-refractivity contribution in [2.24, 2.45) is 0 Å². The van der Waals surface area contributed by atoms with Crippen LogP contribution in [0.1, 0.15) is 11.4 Å². The molecule has 0 spiro atoms. The summed E-state index contributed by atoms with van der Waals surface area (Å²) in [5.74, 6) is 1.21. The van der Waals surface area contributed by atoms with Crippen molar-refractivity contribution < 1.29 is 5.11 Å². The van der Waals surface area contributed by atoms with Crippen molar-refractivity contribution in [3.63, 3.8) is 0 Å². The maximum Gasteiger partial charge on any atom is 0.115 e. The fourth-order valence-electron chi connectivity index (χ4n) is 1.93. The Kier molecular flexibility index (Phi) is 2.80. The molecule has 0 aliphatic carbocycles. The number of hydrogen-bond donors (Lipinski definition) is 2. The van der Waals surface area contributed by atoms with Gasteiger partial charge < -0.3 is 10.1 Å². The van der Waals surface area contributed by atoms with Gasteiger partial charge in [-0.3, -0.25) is 0 Å². The van der Waals surface area contributed by atoms with Crippen molar-refractivity contribution in [1.29, 1.82) is 0 Å². The molecule has 4 heteroatoms. The van der Waals surface area contributed by atoms with E-state index in [1.54, 1.807) is 12.1 Å². The lowest BCUT2D eigenvalue weighted by molar-refractivity contribution is 0.475. The van der Waals surface area contributed by atoms with Crippen LogP contribution in [0.2, 0.25) is 0 Å². The van der Waals surface area contributed by atoms with Gasteiger partial charge in [-0.1, -0.05) is 28.1 Å². The van der Waals surface area contributed by atoms with Crippen LogP contribution in [-0.4, -0.2) is 15.1 Å². The molecule has 0 atom stereocenters. The topological polar surface area (TPSA) is 48.9 Å². The summed E-state index contributed by atoms with van der Waals surface area (Å²) >= 11 is 3.44. The predicted octanol–water partition coefficient (Wildman–Crippen LogP) is 3.62. The van der Waals surface area contributed by atoms with E-state index in [4.69, 9.17) is 0 Å². The molecule has 0 aliphatic rings. The second-order valence-corrected chi connectivity index (χ2v) is 5.10. The zero-order chi connectivity index (χ0) is 12.5. The van der Waals surface area contributed by atoms with Gasteiger partial charge in [-0.2, -0.15) is 0 Å². The van der Waals surface area contributed by atoms with Crippen LogP contribution in [0.4, 0.5) is 0 Å². The molecule has 0 bridgehead atoms. The minimum absolute atomic E-state index is 0.285. The highest BCUT2D eigenvalue weighted by molar-refractivity contribution is 9.10. The van der Waals surface area contributed by atoms with Crippen LogP contribution in [0.5, 0.6) is 5.75 Å². The third kappa shape index (κ3) is 2.24. The quantitative estimate of drug-likeness (QED) is 0.759. The maximum atomic E-state index is 9.24. The molecule has 0 saturated heterocycles. The fraction of sp³-hybridized carbons (Fsp3) is 0.0714. The molecule has 1 aromatic heterocycles. The molecule has 2 N–H and O–H groups in total. The normalized spacial score (nSPS) is 10.9. The standard InChI is InChI=1S/C14H11BrN2O/c15-10-3-6-12-13(8-10)17-14(16-12)7-9-1-4-11(18)5-2-9/h1-6,8,18H,7H2,(H,16,17). The van der Waals surface area contributed by atoms with Crippen molar-refractivity contribution in [3.05, 3.63) is 58.3 Å². The number of nitrogens with one attached hydrogen (secondary N) is 1. The van der Waals surface area contributed by atoms with Gasteiger partial charge in [0.25, 0.3) is 0 Å². The Morgan fingerprint density at radius 3 is 2.67 bits per heavy atom. The number of aromatic amines is 1. The Hall–Kier alpha value is -1.81. The number of phenols is 1. The van der Waals surface area contributed by atoms with Crippen LogP contribution in [0.3, 0.4) is 0 Å². The van der Waals surface area contributed by atoms with Gasteiger partial charge in [0.15, 0.2) is 0 Å². The molecule has 0 aliphatic heterocycles. The fourth-order valence-corrected chi connectivity index (χ4v) is 2.29. The lowest BCUT2D eigenvalue weighted by Crippen LogP contribution is -1.89. The number of aromatic nitrogens is 2. The number of nitrogens with zero attached hydrogens (tertiary/aromatic N) is 1. The van der Waals surface area contributed by atoms with Crippen LogP contribution in [0.15, 0.2) is 46.9 Å². The zero-order valence-electron chi connectivity index (χ0n) is 9.52. The van der Waals surface area contributed by atoms with E-state index in [2.05, 4.69) is 25.9 Å². The van der Waals surface area contributed by atoms with Gasteiger partial charge in [-0.25, -0.2) is 4.98 Å². The van der Waals surface area contributed by atoms with E-state index in [0.29, 0.717) is 0 Å². The highest BCUT2D eigenvalue weighted by atomic mass is 79.9. The molecule has 90 valence electrons. The third-order valence-electron chi connectivity index (χ3n) is 2.80. The second kappa shape index (κ2) is 4.46. The first-order valence-corrected chi connectivity index (χ1v) is 6.42. The van der Waals surface area contributed by atoms with E-state index in [1.807, 2.05) is 30.3 Å². The van der Waals surface area contributed by atoms with Gasteiger partial charge in [0.1, 0.15) is 11.6 Å². The van der Waals surface area contributed by atoms with Gasteiger partial charge in [0, 0.05) is 10.9 Å². The number of fused-ring (bicyclic) bond motifs is 1. The molecule has 3 nitrogen and oxygen atoms in total. The molecule has 0 radical (unpaired) electrons. The monoisotopic (exact) mass is 302 g/mol. The minimum Gasteiger partial charge on any atom is -0.508 e. The lowest BCUT2D eigenvalue weighted by atomic mass is 10.1. The summed E-state index contributed by atoms with van der Waals surface area (Å²) in [6.07, 6.45) is 0.729. The summed E-state index contributed by atoms with van der Waals surface area (Å²) < 4.78 is 1.04. The highest BCUT2D eigenvalue weighted by Crippen LogP contribution is 2.19. The van der Waals surface area contributed by atoms with Crippen LogP contribution < -0.4 is 0 Å². The molecule has 3 rings (SSSR count). The Morgan fingerprint density at radius 2 is 1.89 bits per heavy atom. The molecular weight excluding hydrogens is 292 g/mol. The Morgan fingerprint density at radius 1 is 1.11 bits per heavy atom. The van der Waals surface area contributed by atoms with E-state index in [1.165, 1.54) is 0 Å². The van der Waals surface area contributed by atoms with E-state index < -0.39 is 0 Å². The minimum atomic E-state index is 0.285. The average molecular weight is 303 g/mol. The maximum absolute atomic E-state index is 9.24. The Labute approximate surface area is 113 Å². The van der Waals surface area contributed by atoms with Crippen molar-refractivity contribution in [2.45, 2.75) is 6.42 Å². The van der Waals surface area contributed by atoms with Gasteiger partial charge in [-0.05, 0) is 35.9 Å². The van der Waals surface area contributed by atoms with Crippen molar-refractivity contribution in [2.75, 3.05) is 0 Å². The van der Waals surface area contributed by atoms with E-state index in [9.17, 15) is 5.11 Å². The first-order valence-electron chi connectivity index (χ1n) is 5.63. The Bertz CT molecular complexity index is 689. The molecule has 0 fully saturated rings. The number of benzene rings is 2. The van der Waals surface area contributed by atoms with Crippen LogP contribution >= 0.6 is 15.9 Å². The number of rotatable bonds is 2. The Balaban J connectivity index is 1.92. The molecule has 0 unspecified atom stereocenters. The SMILES string of the molecule is Oc1ccc(Cc2nc3ccc(Br)cc3[nH]2)cc1. The lowest BCUT2D eigenvalue weighted by Gasteiger charge is -1.98. The average Bonchev–Trinajstić information content (AvgIpc) is 2.73. The van der Waals surface area contributed by atoms with Crippen molar-refractivity contribution >= 4 is 27.0 Å². The van der Waals surface area contributed by atoms with E-state index in [0.717, 1.165) is 33.3 Å². The molecular formula is C14H11BrN2O. The van der Waals surface area contributed by atoms with E-state index in [-0.39, 0.29) is 5.75 Å². The summed E-state index contributed by atoms with van der Waals surface area (Å²) in [6, 6.07) is 13.2. The number of phenolic OH excluding ortho intramolecular Hbond substituents is 1. The first kappa shape index (κ1) is 11.3. The zero-order valence-corrected chi connectivity index (χ0v) is 11.1. The van der Waals surface area contributed by atoms with Gasteiger partial charge in [0.05, 0.1) is 11.0 Å². The van der Waals surface area contributed by atoms with Gasteiger partial charge in [0.2, 0.25) is 0 Å². The summed E-state index contributed by atoms with van der Waals surface area (Å²) in [6.45, 7) is 0. The van der Waals surface area contributed by atoms with Crippen LogP contribution in [-0.2, 0) is 6.42 Å². The first-order chi connectivity index (χ1) is 8.70. The smallest absolute Gasteiger partial charge is 0.115 e. The van der Waals surface area contributed by atoms with E-state index >= 15 is 0 Å². The number of H-pyrrole nitrogens is 1. The van der Waals surface area contributed by atoms with Gasteiger partial charge in [-0.15, -0.1) is 0 Å². The van der Waals surface area contributed by atoms with Gasteiger partial charge >= 0.3 is 0 Å². The highest BCUT2D eigenvalue weighted by Gasteiger charge is 2.04. The molecule has 2 aromatic carbocycles. The summed E-state index contributed by atoms with van der Waals surface area (Å²) in [4.78, 5) is 7.83. The molecule has 1 heterocycles. The third-order valence-corrected chi connectivity index (χ3v) is 3.29. The molecule has 0 amide bonds. The number of imidazole rings is 1. The van der Waals surface area contributed by atoms with Crippen molar-refractivity contribution in [1.82, 2.24) is 9.97 Å². The molecule has 0 saturated carbocycles. The summed E-state index contributed by atoms with van der Waals surface area (Å²) in [7, 11) is 0. The summed E-state index contributed by atoms with van der Waals surface area (Å²) in [5, 5.41) is 9.24. The van der Waals surface area contributed by atoms with Crippen LogP contribution in [0, 0.1) is 0 Å². The number of halogens is 1. The molecule has 3 aromatic rings. The number of hydrogen-bond acceptors (Lipinski definition) is 2.